The van der Waals surface area contributed by atoms with E-state index >= 15 is 0 Å². The maximum absolute atomic E-state index is 13.8. The number of amides is 2. The van der Waals surface area contributed by atoms with Gasteiger partial charge in [-0.05, 0) is 42.8 Å². The van der Waals surface area contributed by atoms with Gasteiger partial charge < -0.3 is 10.2 Å². The monoisotopic (exact) mass is 498 g/mol. The molecule has 1 aromatic carbocycles. The SMILES string of the molecule is Cc1nn(C)cc1[C@H](C(=O)NC1CCCCC1)N(Cc1ccccc1Cl)C(=O)Cc1cccs1. The van der Waals surface area contributed by atoms with E-state index in [9.17, 15) is 9.59 Å². The zero-order valence-corrected chi connectivity index (χ0v) is 21.2. The number of aromatic nitrogens is 2. The minimum atomic E-state index is -0.792. The molecule has 2 amide bonds. The molecule has 180 valence electrons. The van der Waals surface area contributed by atoms with Crippen molar-refractivity contribution in [3.8, 4) is 0 Å². The van der Waals surface area contributed by atoms with Crippen molar-refractivity contribution in [2.24, 2.45) is 7.05 Å². The van der Waals surface area contributed by atoms with Gasteiger partial charge in [-0.1, -0.05) is 55.1 Å². The van der Waals surface area contributed by atoms with E-state index in [0.717, 1.165) is 47.4 Å². The summed E-state index contributed by atoms with van der Waals surface area (Å²) < 4.78 is 1.70. The lowest BCUT2D eigenvalue weighted by Gasteiger charge is -2.33. The Labute approximate surface area is 209 Å². The molecule has 34 heavy (non-hydrogen) atoms. The Hall–Kier alpha value is -2.64. The molecule has 6 nitrogen and oxygen atoms in total. The van der Waals surface area contributed by atoms with Gasteiger partial charge in [0.05, 0.1) is 12.1 Å². The fourth-order valence-electron chi connectivity index (χ4n) is 4.66. The average Bonchev–Trinajstić information content (AvgIpc) is 3.44. The Bertz CT molecular complexity index is 1120. The van der Waals surface area contributed by atoms with Crippen molar-refractivity contribution >= 4 is 34.8 Å². The van der Waals surface area contributed by atoms with Crippen LogP contribution in [-0.4, -0.2) is 32.5 Å². The highest BCUT2D eigenvalue weighted by molar-refractivity contribution is 7.10. The molecule has 1 saturated carbocycles. The van der Waals surface area contributed by atoms with Crippen molar-refractivity contribution in [3.63, 3.8) is 0 Å². The van der Waals surface area contributed by atoms with E-state index in [-0.39, 0.29) is 30.8 Å². The Morgan fingerprint density at radius 1 is 1.21 bits per heavy atom. The molecule has 1 N–H and O–H groups in total. The van der Waals surface area contributed by atoms with Gasteiger partial charge in [-0.3, -0.25) is 14.3 Å². The van der Waals surface area contributed by atoms with Gasteiger partial charge in [0.25, 0.3) is 0 Å². The Kier molecular flexibility index (Phi) is 8.06. The van der Waals surface area contributed by atoms with Crippen molar-refractivity contribution in [1.82, 2.24) is 20.0 Å². The zero-order valence-electron chi connectivity index (χ0n) is 19.7. The fourth-order valence-corrected chi connectivity index (χ4v) is 5.55. The molecule has 0 aliphatic heterocycles. The van der Waals surface area contributed by atoms with Gasteiger partial charge >= 0.3 is 0 Å². The van der Waals surface area contributed by atoms with Crippen LogP contribution in [0.2, 0.25) is 5.02 Å². The smallest absolute Gasteiger partial charge is 0.247 e. The number of nitrogens with zero attached hydrogens (tertiary/aromatic N) is 3. The summed E-state index contributed by atoms with van der Waals surface area (Å²) in [7, 11) is 1.83. The van der Waals surface area contributed by atoms with Crippen LogP contribution in [0, 0.1) is 6.92 Å². The highest BCUT2D eigenvalue weighted by atomic mass is 35.5. The van der Waals surface area contributed by atoms with Crippen LogP contribution in [0.1, 0.15) is 59.8 Å². The van der Waals surface area contributed by atoms with E-state index in [1.165, 1.54) is 17.8 Å². The second-order valence-corrected chi connectivity index (χ2v) is 10.4. The predicted octanol–water partition coefficient (Wildman–Crippen LogP) is 5.20. The number of benzene rings is 1. The minimum absolute atomic E-state index is 0.116. The number of nitrogens with one attached hydrogen (secondary N) is 1. The summed E-state index contributed by atoms with van der Waals surface area (Å²) in [5.41, 5.74) is 2.28. The first-order valence-corrected chi connectivity index (χ1v) is 13.0. The summed E-state index contributed by atoms with van der Waals surface area (Å²) >= 11 is 8.02. The molecule has 0 unspecified atom stereocenters. The summed E-state index contributed by atoms with van der Waals surface area (Å²) in [6, 6.07) is 10.7. The van der Waals surface area contributed by atoms with Gasteiger partial charge in [0.15, 0.2) is 0 Å². The summed E-state index contributed by atoms with van der Waals surface area (Å²) in [5, 5.41) is 10.3. The summed E-state index contributed by atoms with van der Waals surface area (Å²) in [4.78, 5) is 30.2. The number of rotatable bonds is 8. The Balaban J connectivity index is 1.72. The normalized spacial score (nSPS) is 15.1. The van der Waals surface area contributed by atoms with Crippen LogP contribution >= 0.6 is 22.9 Å². The molecule has 1 fully saturated rings. The number of halogens is 1. The molecule has 0 spiro atoms. The van der Waals surface area contributed by atoms with Crippen LogP contribution in [0.15, 0.2) is 48.0 Å². The topological polar surface area (TPSA) is 67.2 Å². The molecule has 3 aromatic rings. The van der Waals surface area contributed by atoms with E-state index in [4.69, 9.17) is 11.6 Å². The van der Waals surface area contributed by atoms with Crippen molar-refractivity contribution in [2.45, 2.75) is 64.1 Å². The summed E-state index contributed by atoms with van der Waals surface area (Å²) in [5.74, 6) is -0.274. The van der Waals surface area contributed by atoms with Gasteiger partial charge in [0, 0.05) is 41.3 Å². The molecule has 0 bridgehead atoms. The molecule has 1 atom stereocenters. The number of aryl methyl sites for hydroxylation is 2. The molecular formula is C26H31ClN4O2S. The van der Waals surface area contributed by atoms with E-state index in [1.54, 1.807) is 9.58 Å². The molecule has 2 aromatic heterocycles. The Morgan fingerprint density at radius 2 is 1.97 bits per heavy atom. The van der Waals surface area contributed by atoms with Crippen molar-refractivity contribution < 1.29 is 9.59 Å². The first-order chi connectivity index (χ1) is 16.4. The fraction of sp³-hybridized carbons (Fsp3) is 0.423. The van der Waals surface area contributed by atoms with E-state index in [0.29, 0.717) is 5.02 Å². The number of thiophene rings is 1. The van der Waals surface area contributed by atoms with Gasteiger partial charge in [-0.15, -0.1) is 11.3 Å². The summed E-state index contributed by atoms with van der Waals surface area (Å²) in [6.07, 6.45) is 7.45. The van der Waals surface area contributed by atoms with Gasteiger partial charge in [-0.25, -0.2) is 0 Å². The summed E-state index contributed by atoms with van der Waals surface area (Å²) in [6.45, 7) is 2.12. The quantitative estimate of drug-likeness (QED) is 0.464. The van der Waals surface area contributed by atoms with E-state index in [2.05, 4.69) is 10.4 Å². The lowest BCUT2D eigenvalue weighted by molar-refractivity contribution is -0.141. The molecule has 4 rings (SSSR count). The molecular weight excluding hydrogens is 468 g/mol. The highest BCUT2D eigenvalue weighted by Gasteiger charge is 2.35. The second-order valence-electron chi connectivity index (χ2n) is 8.96. The third kappa shape index (κ3) is 5.88. The molecule has 1 aliphatic carbocycles. The van der Waals surface area contributed by atoms with Crippen LogP contribution < -0.4 is 5.32 Å². The standard InChI is InChI=1S/C26H31ClN4O2S/c1-18-22(17-30(2)29-18)25(26(33)28-20-10-4-3-5-11-20)31(16-19-9-6-7-13-23(19)27)24(32)15-21-12-8-14-34-21/h6-9,12-14,17,20,25H,3-5,10-11,15-16H2,1-2H3,(H,28,33)/t25-/m1/s1. The lowest BCUT2D eigenvalue weighted by Crippen LogP contribution is -2.47. The van der Waals surface area contributed by atoms with Gasteiger partial charge in [0.2, 0.25) is 11.8 Å². The zero-order chi connectivity index (χ0) is 24.1. The maximum Gasteiger partial charge on any atom is 0.247 e. The maximum atomic E-state index is 13.8. The number of carbonyl (C=O) groups is 2. The molecule has 8 heteroatoms. The van der Waals surface area contributed by atoms with Crippen LogP contribution in [0.4, 0.5) is 0 Å². The Morgan fingerprint density at radius 3 is 2.62 bits per heavy atom. The van der Waals surface area contributed by atoms with Crippen molar-refractivity contribution in [3.05, 3.63) is 74.7 Å². The second kappa shape index (κ2) is 11.2. The number of carbonyl (C=O) groups excluding carboxylic acids is 2. The largest absolute Gasteiger partial charge is 0.351 e. The van der Waals surface area contributed by atoms with Crippen LogP contribution in [0.3, 0.4) is 0 Å². The number of hydrogen-bond donors (Lipinski definition) is 1. The molecule has 0 saturated heterocycles. The molecule has 0 radical (unpaired) electrons. The molecule has 1 aliphatic rings. The minimum Gasteiger partial charge on any atom is -0.351 e. The third-order valence-corrected chi connectivity index (χ3v) is 7.63. The van der Waals surface area contributed by atoms with E-state index < -0.39 is 6.04 Å². The predicted molar refractivity (Wildman–Crippen MR) is 136 cm³/mol. The first kappa shape index (κ1) is 24.5. The number of hydrogen-bond acceptors (Lipinski definition) is 4. The first-order valence-electron chi connectivity index (χ1n) is 11.8. The van der Waals surface area contributed by atoms with Crippen LogP contribution in [0.25, 0.3) is 0 Å². The highest BCUT2D eigenvalue weighted by Crippen LogP contribution is 2.30. The average molecular weight is 499 g/mol. The van der Waals surface area contributed by atoms with Crippen molar-refractivity contribution in [1.29, 1.82) is 0 Å². The van der Waals surface area contributed by atoms with Crippen molar-refractivity contribution in [2.75, 3.05) is 0 Å². The van der Waals surface area contributed by atoms with Gasteiger partial charge in [0.1, 0.15) is 6.04 Å². The van der Waals surface area contributed by atoms with Crippen LogP contribution in [-0.2, 0) is 29.6 Å². The van der Waals surface area contributed by atoms with Crippen LogP contribution in [0.5, 0.6) is 0 Å². The van der Waals surface area contributed by atoms with E-state index in [1.807, 2.05) is 61.9 Å². The van der Waals surface area contributed by atoms with Gasteiger partial charge in [-0.2, -0.15) is 5.10 Å². The molecule has 2 heterocycles. The third-order valence-electron chi connectivity index (χ3n) is 6.38. The lowest BCUT2D eigenvalue weighted by atomic mass is 9.94.